The number of allylic oxidation sites excluding steroid dienone is 15. The molecule has 504 valence electrons. The molecule has 0 saturated heterocycles. The first-order valence-corrected chi connectivity index (χ1v) is 38.0. The number of rotatable bonds is 66. The molecule has 0 aromatic rings. The number of phosphoric acid groups is 1. The second-order valence-corrected chi connectivity index (χ2v) is 27.1. The van der Waals surface area contributed by atoms with Crippen LogP contribution in [0.3, 0.4) is 0 Å². The first kappa shape index (κ1) is 83.9. The van der Waals surface area contributed by atoms with Gasteiger partial charge >= 0.3 is 5.97 Å². The van der Waals surface area contributed by atoms with Gasteiger partial charge in [-0.25, -0.2) is 0 Å². The Morgan fingerprint density at radius 3 is 1.13 bits per heavy atom. The molecule has 0 bridgehead atoms. The second kappa shape index (κ2) is 65.9. The first-order valence-electron chi connectivity index (χ1n) is 36.5. The van der Waals surface area contributed by atoms with Crippen LogP contribution in [0.2, 0.25) is 0 Å². The molecule has 0 fully saturated rings. The lowest BCUT2D eigenvalue weighted by molar-refractivity contribution is -0.870. The number of likely N-dealkylation sites (N-methyl/N-ethyl adjacent to an activating group) is 1. The Labute approximate surface area is 538 Å². The van der Waals surface area contributed by atoms with Crippen molar-refractivity contribution in [2.45, 2.75) is 341 Å². The van der Waals surface area contributed by atoms with Gasteiger partial charge in [-0.1, -0.05) is 305 Å². The number of amides is 1. The average molecular weight is 1240 g/mol. The van der Waals surface area contributed by atoms with Gasteiger partial charge in [-0.15, -0.1) is 0 Å². The van der Waals surface area contributed by atoms with Crippen molar-refractivity contribution in [3.05, 3.63) is 97.2 Å². The third-order valence-corrected chi connectivity index (χ3v) is 17.0. The highest BCUT2D eigenvalue weighted by atomic mass is 31.2. The highest BCUT2D eigenvalue weighted by Crippen LogP contribution is 2.38. The van der Waals surface area contributed by atoms with Gasteiger partial charge < -0.3 is 28.5 Å². The molecule has 3 atom stereocenters. The van der Waals surface area contributed by atoms with E-state index in [1.54, 1.807) is 0 Å². The Balaban J connectivity index is 5.09. The molecular formula is C77H139N2O7P. The maximum absolute atomic E-state index is 13.6. The van der Waals surface area contributed by atoms with E-state index in [-0.39, 0.29) is 24.9 Å². The van der Waals surface area contributed by atoms with Crippen molar-refractivity contribution < 1.29 is 37.3 Å². The molecule has 0 spiro atoms. The number of nitrogens with one attached hydrogen (secondary N) is 1. The minimum atomic E-state index is -4.71. The Kier molecular flexibility index (Phi) is 63.5. The quantitative estimate of drug-likeness (QED) is 0.0212. The van der Waals surface area contributed by atoms with Crippen LogP contribution in [0.5, 0.6) is 0 Å². The Hall–Kier alpha value is -3.07. The third kappa shape index (κ3) is 67.2. The molecule has 0 aliphatic rings. The lowest BCUT2D eigenvalue weighted by Crippen LogP contribution is -2.47. The molecule has 0 radical (unpaired) electrons. The van der Waals surface area contributed by atoms with Crippen LogP contribution in [0.1, 0.15) is 329 Å². The number of phosphoric ester groups is 1. The largest absolute Gasteiger partial charge is 0.756 e. The maximum Gasteiger partial charge on any atom is 0.306 e. The van der Waals surface area contributed by atoms with Crippen LogP contribution in [-0.2, 0) is 27.9 Å². The lowest BCUT2D eigenvalue weighted by atomic mass is 10.0. The van der Waals surface area contributed by atoms with Crippen molar-refractivity contribution in [2.24, 2.45) is 0 Å². The molecule has 0 aromatic heterocycles. The summed E-state index contributed by atoms with van der Waals surface area (Å²) in [4.78, 5) is 40.3. The number of ether oxygens (including phenoxy) is 1. The van der Waals surface area contributed by atoms with Gasteiger partial charge in [0.1, 0.15) is 19.3 Å². The van der Waals surface area contributed by atoms with Gasteiger partial charge in [0.15, 0.2) is 0 Å². The molecule has 87 heavy (non-hydrogen) atoms. The number of hydrogen-bond acceptors (Lipinski definition) is 7. The van der Waals surface area contributed by atoms with Gasteiger partial charge in [0.05, 0.1) is 33.8 Å². The van der Waals surface area contributed by atoms with E-state index in [1.807, 2.05) is 33.3 Å². The zero-order valence-corrected chi connectivity index (χ0v) is 58.6. The summed E-state index contributed by atoms with van der Waals surface area (Å²) in [7, 11) is 1.18. The van der Waals surface area contributed by atoms with E-state index >= 15 is 0 Å². The Morgan fingerprint density at radius 1 is 0.414 bits per heavy atom. The smallest absolute Gasteiger partial charge is 0.306 e. The second-order valence-electron chi connectivity index (χ2n) is 25.7. The van der Waals surface area contributed by atoms with Crippen LogP contribution < -0.4 is 10.2 Å². The zero-order valence-electron chi connectivity index (χ0n) is 57.7. The highest BCUT2D eigenvalue weighted by molar-refractivity contribution is 7.45. The van der Waals surface area contributed by atoms with E-state index in [0.29, 0.717) is 17.4 Å². The minimum Gasteiger partial charge on any atom is -0.756 e. The van der Waals surface area contributed by atoms with Gasteiger partial charge in [0, 0.05) is 12.8 Å². The Bertz CT molecular complexity index is 1810. The molecule has 3 unspecified atom stereocenters. The molecule has 0 heterocycles. The summed E-state index contributed by atoms with van der Waals surface area (Å²) in [6, 6.07) is -0.897. The summed E-state index contributed by atoms with van der Waals surface area (Å²) in [6.45, 7) is 6.73. The molecule has 0 saturated carbocycles. The van der Waals surface area contributed by atoms with Crippen molar-refractivity contribution in [1.82, 2.24) is 5.32 Å². The predicted molar refractivity (Wildman–Crippen MR) is 376 cm³/mol. The summed E-state index contributed by atoms with van der Waals surface area (Å²) in [5.41, 5.74) is 0. The SMILES string of the molecule is CC/C=C\C/C=C\C/C=C\C/C=C\C/C=C\CCCCCCCCCCCC(=O)OC(/C=C/CCCCCCCCCCCCC)C(COP(=O)([O-])OCC[N+](C)(C)C)NC(=O)CCCCCCCCCCCCCCC/C=C\C/C=C\CCCCC. The van der Waals surface area contributed by atoms with Crippen molar-refractivity contribution in [1.29, 1.82) is 0 Å². The first-order chi connectivity index (χ1) is 42.4. The molecule has 9 nitrogen and oxygen atoms in total. The number of esters is 1. The van der Waals surface area contributed by atoms with E-state index in [1.165, 1.54) is 186 Å². The van der Waals surface area contributed by atoms with Gasteiger partial charge in [0.2, 0.25) is 5.91 Å². The summed E-state index contributed by atoms with van der Waals surface area (Å²) in [6.07, 6.45) is 89.5. The van der Waals surface area contributed by atoms with E-state index in [0.717, 1.165) is 109 Å². The van der Waals surface area contributed by atoms with Gasteiger partial charge in [-0.05, 0) is 109 Å². The van der Waals surface area contributed by atoms with Crippen LogP contribution in [0.4, 0.5) is 0 Å². The van der Waals surface area contributed by atoms with Crippen molar-refractivity contribution >= 4 is 19.7 Å². The summed E-state index contributed by atoms with van der Waals surface area (Å²) >= 11 is 0. The van der Waals surface area contributed by atoms with Crippen LogP contribution >= 0.6 is 7.82 Å². The van der Waals surface area contributed by atoms with Gasteiger partial charge in [-0.3, -0.25) is 14.2 Å². The Morgan fingerprint density at radius 2 is 0.736 bits per heavy atom. The van der Waals surface area contributed by atoms with Crippen molar-refractivity contribution in [3.8, 4) is 0 Å². The number of nitrogens with zero attached hydrogens (tertiary/aromatic N) is 1. The number of carbonyl (C=O) groups excluding carboxylic acids is 2. The number of quaternary nitrogens is 1. The monoisotopic (exact) mass is 1240 g/mol. The van der Waals surface area contributed by atoms with Crippen molar-refractivity contribution in [2.75, 3.05) is 40.9 Å². The number of carbonyl (C=O) groups is 2. The number of unbranched alkanes of at least 4 members (excludes halogenated alkanes) is 36. The summed E-state index contributed by atoms with van der Waals surface area (Å²) in [5, 5.41) is 3.05. The summed E-state index contributed by atoms with van der Waals surface area (Å²) < 4.78 is 30.5. The molecule has 0 rings (SSSR count). The minimum absolute atomic E-state index is 0.0263. The lowest BCUT2D eigenvalue weighted by Gasteiger charge is -2.30. The predicted octanol–water partition coefficient (Wildman–Crippen LogP) is 22.8. The molecule has 10 heteroatoms. The fourth-order valence-corrected chi connectivity index (χ4v) is 11.1. The zero-order chi connectivity index (χ0) is 63.5. The van der Waals surface area contributed by atoms with Crippen molar-refractivity contribution in [3.63, 3.8) is 0 Å². The molecular weight excluding hydrogens is 1100 g/mol. The molecule has 0 aromatic carbocycles. The molecule has 1 amide bonds. The number of hydrogen-bond donors (Lipinski definition) is 1. The fraction of sp³-hybridized carbons (Fsp3) is 0.766. The maximum atomic E-state index is 13.6. The van der Waals surface area contributed by atoms with Crippen LogP contribution in [0.15, 0.2) is 97.2 Å². The van der Waals surface area contributed by atoms with Crippen LogP contribution in [-0.4, -0.2) is 69.4 Å². The highest BCUT2D eigenvalue weighted by Gasteiger charge is 2.27. The van der Waals surface area contributed by atoms with E-state index < -0.39 is 26.6 Å². The third-order valence-electron chi connectivity index (χ3n) is 16.0. The fourth-order valence-electron chi connectivity index (χ4n) is 10.4. The van der Waals surface area contributed by atoms with Crippen LogP contribution in [0, 0.1) is 0 Å². The van der Waals surface area contributed by atoms with Gasteiger partial charge in [0.25, 0.3) is 7.82 Å². The summed E-state index contributed by atoms with van der Waals surface area (Å²) in [5.74, 6) is -0.542. The van der Waals surface area contributed by atoms with E-state index in [9.17, 15) is 19.0 Å². The average Bonchev–Trinajstić information content (AvgIpc) is 3.70. The van der Waals surface area contributed by atoms with Crippen LogP contribution in [0.25, 0.3) is 0 Å². The van der Waals surface area contributed by atoms with Gasteiger partial charge in [-0.2, -0.15) is 0 Å². The normalized spacial score (nSPS) is 14.1. The topological polar surface area (TPSA) is 114 Å². The van der Waals surface area contributed by atoms with E-state index in [4.69, 9.17) is 13.8 Å². The molecule has 1 N–H and O–H groups in total. The standard InChI is InChI=1S/C77H139N2O7P/c1-7-10-13-16-19-22-25-28-30-32-34-36-38-39-41-43-45-47-49-52-55-58-61-64-67-70-77(81)86-75(68-65-62-59-56-53-50-27-24-21-18-15-12-9-3)74(73-85-87(82,83)84-72-71-79(4,5)6)78-76(80)69-66-63-60-57-54-51-48-46-44-42-40-37-35-33-31-29-26-23-20-17-14-11-8-2/h10,13,19-20,22-23,28-31,34,36,39,41,65,68,74-75H,7-9,11-12,14-18,21,24-27,32-33,35,37-38,40,42-64,66-67,69-73H2,1-6H3,(H-,78,80,82,83)/b13-10-,22-19-,23-20-,30-28-,31-29-,36-34-,41-39-,68-65+. The molecule has 0 aliphatic heterocycles. The molecule has 0 aliphatic carbocycles. The van der Waals surface area contributed by atoms with E-state index in [2.05, 4.69) is 111 Å².